The van der Waals surface area contributed by atoms with E-state index in [0.717, 1.165) is 31.5 Å². The maximum atomic E-state index is 13.5. The van der Waals surface area contributed by atoms with Crippen molar-refractivity contribution in [1.29, 1.82) is 0 Å². The van der Waals surface area contributed by atoms with E-state index in [2.05, 4.69) is 4.90 Å². The van der Waals surface area contributed by atoms with Crippen LogP contribution >= 0.6 is 0 Å². The van der Waals surface area contributed by atoms with Crippen molar-refractivity contribution in [2.75, 3.05) is 31.6 Å². The van der Waals surface area contributed by atoms with Crippen LogP contribution in [-0.4, -0.2) is 45.0 Å². The topological polar surface area (TPSA) is 37.4 Å². The third-order valence-electron chi connectivity index (χ3n) is 3.91. The highest BCUT2D eigenvalue weighted by atomic mass is 32.2. The maximum Gasteiger partial charge on any atom is 0.148 e. The summed E-state index contributed by atoms with van der Waals surface area (Å²) in [7, 11) is -2.89. The van der Waals surface area contributed by atoms with Crippen molar-refractivity contribution in [2.24, 2.45) is 5.92 Å². The molecule has 1 aliphatic rings. The van der Waals surface area contributed by atoms with Gasteiger partial charge in [-0.2, -0.15) is 0 Å². The Morgan fingerprint density at radius 3 is 2.80 bits per heavy atom. The Kier molecular flexibility index (Phi) is 4.81. The SMILES string of the molecule is Cc1ccc(CC2CCN(CCS(C)(=O)=O)C2)cc1F. The minimum Gasteiger partial charge on any atom is -0.302 e. The molecular weight excluding hydrogens is 277 g/mol. The van der Waals surface area contributed by atoms with Crippen LogP contribution in [0.3, 0.4) is 0 Å². The third-order valence-corrected chi connectivity index (χ3v) is 4.83. The number of likely N-dealkylation sites (tertiary alicyclic amines) is 1. The molecule has 0 radical (unpaired) electrons. The Morgan fingerprint density at radius 1 is 1.40 bits per heavy atom. The van der Waals surface area contributed by atoms with Crippen LogP contribution in [0.25, 0.3) is 0 Å². The minimum atomic E-state index is -2.89. The van der Waals surface area contributed by atoms with E-state index < -0.39 is 9.84 Å². The van der Waals surface area contributed by atoms with E-state index in [9.17, 15) is 12.8 Å². The molecule has 3 nitrogen and oxygen atoms in total. The van der Waals surface area contributed by atoms with Gasteiger partial charge >= 0.3 is 0 Å². The summed E-state index contributed by atoms with van der Waals surface area (Å²) in [5, 5.41) is 0. The summed E-state index contributed by atoms with van der Waals surface area (Å²) < 4.78 is 35.8. The predicted molar refractivity (Wildman–Crippen MR) is 79.1 cm³/mol. The maximum absolute atomic E-state index is 13.5. The number of nitrogens with zero attached hydrogens (tertiary/aromatic N) is 1. The molecule has 20 heavy (non-hydrogen) atoms. The molecule has 0 aliphatic carbocycles. The lowest BCUT2D eigenvalue weighted by Crippen LogP contribution is -2.27. The van der Waals surface area contributed by atoms with E-state index in [-0.39, 0.29) is 11.6 Å². The number of hydrogen-bond acceptors (Lipinski definition) is 3. The van der Waals surface area contributed by atoms with Gasteiger partial charge in [-0.3, -0.25) is 0 Å². The average Bonchev–Trinajstić information content (AvgIpc) is 2.78. The molecule has 0 N–H and O–H groups in total. The lowest BCUT2D eigenvalue weighted by molar-refractivity contribution is 0.342. The van der Waals surface area contributed by atoms with Gasteiger partial charge in [-0.25, -0.2) is 12.8 Å². The van der Waals surface area contributed by atoms with Crippen LogP contribution in [0.4, 0.5) is 4.39 Å². The monoisotopic (exact) mass is 299 g/mol. The van der Waals surface area contributed by atoms with Gasteiger partial charge in [-0.05, 0) is 49.4 Å². The normalized spacial score (nSPS) is 20.4. The molecule has 1 heterocycles. The van der Waals surface area contributed by atoms with Crippen LogP contribution in [0, 0.1) is 18.7 Å². The number of halogens is 1. The van der Waals surface area contributed by atoms with Crippen molar-refractivity contribution in [3.05, 3.63) is 35.1 Å². The van der Waals surface area contributed by atoms with Crippen molar-refractivity contribution < 1.29 is 12.8 Å². The molecule has 1 unspecified atom stereocenters. The predicted octanol–water partition coefficient (Wildman–Crippen LogP) is 2.04. The Morgan fingerprint density at radius 2 is 2.15 bits per heavy atom. The minimum absolute atomic E-state index is 0.144. The summed E-state index contributed by atoms with van der Waals surface area (Å²) in [6.07, 6.45) is 3.20. The van der Waals surface area contributed by atoms with Gasteiger partial charge in [0.05, 0.1) is 5.75 Å². The summed E-state index contributed by atoms with van der Waals surface area (Å²) in [4.78, 5) is 2.19. The molecule has 2 rings (SSSR count). The second kappa shape index (κ2) is 6.22. The first-order chi connectivity index (χ1) is 9.33. The molecule has 1 aromatic carbocycles. The van der Waals surface area contributed by atoms with Gasteiger partial charge < -0.3 is 4.90 Å². The number of rotatable bonds is 5. The van der Waals surface area contributed by atoms with E-state index in [1.807, 2.05) is 12.1 Å². The molecule has 0 aromatic heterocycles. The van der Waals surface area contributed by atoms with Crippen LogP contribution in [0.5, 0.6) is 0 Å². The van der Waals surface area contributed by atoms with Crippen molar-refractivity contribution in [1.82, 2.24) is 4.90 Å². The van der Waals surface area contributed by atoms with Gasteiger partial charge in [-0.15, -0.1) is 0 Å². The highest BCUT2D eigenvalue weighted by molar-refractivity contribution is 7.90. The fraction of sp³-hybridized carbons (Fsp3) is 0.600. The average molecular weight is 299 g/mol. The summed E-state index contributed by atoms with van der Waals surface area (Å²) in [5.41, 5.74) is 1.71. The Hall–Kier alpha value is -0.940. The lowest BCUT2D eigenvalue weighted by Gasteiger charge is -2.15. The fourth-order valence-corrected chi connectivity index (χ4v) is 3.26. The molecule has 1 fully saturated rings. The Labute approximate surface area is 120 Å². The van der Waals surface area contributed by atoms with Gasteiger partial charge in [0.25, 0.3) is 0 Å². The molecule has 5 heteroatoms. The van der Waals surface area contributed by atoms with E-state index in [0.29, 0.717) is 18.0 Å². The zero-order valence-electron chi connectivity index (χ0n) is 12.1. The summed E-state index contributed by atoms with van der Waals surface area (Å²) in [5.74, 6) is 0.574. The number of hydrogen-bond donors (Lipinski definition) is 0. The molecule has 0 bridgehead atoms. The van der Waals surface area contributed by atoms with Crippen LogP contribution in [0.1, 0.15) is 17.5 Å². The molecule has 112 valence electrons. The van der Waals surface area contributed by atoms with Crippen LogP contribution in [-0.2, 0) is 16.3 Å². The van der Waals surface area contributed by atoms with Crippen LogP contribution < -0.4 is 0 Å². The number of aryl methyl sites for hydroxylation is 1. The van der Waals surface area contributed by atoms with Gasteiger partial charge in [0.1, 0.15) is 15.7 Å². The van der Waals surface area contributed by atoms with Crippen molar-refractivity contribution in [2.45, 2.75) is 19.8 Å². The highest BCUT2D eigenvalue weighted by Crippen LogP contribution is 2.21. The largest absolute Gasteiger partial charge is 0.302 e. The Bertz CT molecular complexity index is 571. The smallest absolute Gasteiger partial charge is 0.148 e. The van der Waals surface area contributed by atoms with E-state index >= 15 is 0 Å². The van der Waals surface area contributed by atoms with Crippen LogP contribution in [0.15, 0.2) is 18.2 Å². The molecule has 1 atom stereocenters. The molecule has 1 saturated heterocycles. The van der Waals surface area contributed by atoms with Crippen molar-refractivity contribution in [3.63, 3.8) is 0 Å². The van der Waals surface area contributed by atoms with Gasteiger partial charge in [0, 0.05) is 19.3 Å². The molecule has 0 amide bonds. The van der Waals surface area contributed by atoms with Gasteiger partial charge in [0.2, 0.25) is 0 Å². The number of benzene rings is 1. The van der Waals surface area contributed by atoms with Gasteiger partial charge in [0.15, 0.2) is 0 Å². The standard InChI is InChI=1S/C15H22FNO2S/c1-12-3-4-13(10-15(12)16)9-14-5-6-17(11-14)7-8-20(2,18)19/h3-4,10,14H,5-9,11H2,1-2H3. The zero-order chi connectivity index (χ0) is 14.8. The first kappa shape index (κ1) is 15.4. The molecule has 0 spiro atoms. The van der Waals surface area contributed by atoms with E-state index in [4.69, 9.17) is 0 Å². The quantitative estimate of drug-likeness (QED) is 0.835. The van der Waals surface area contributed by atoms with Gasteiger partial charge in [-0.1, -0.05) is 12.1 Å². The second-order valence-electron chi connectivity index (χ2n) is 5.87. The second-order valence-corrected chi connectivity index (χ2v) is 8.13. The molecular formula is C15H22FNO2S. The molecule has 1 aromatic rings. The molecule has 1 aliphatic heterocycles. The van der Waals surface area contributed by atoms with Crippen molar-refractivity contribution >= 4 is 9.84 Å². The fourth-order valence-electron chi connectivity index (χ4n) is 2.67. The summed E-state index contributed by atoms with van der Waals surface area (Å²) in [6.45, 7) is 4.22. The van der Waals surface area contributed by atoms with Crippen molar-refractivity contribution in [3.8, 4) is 0 Å². The number of sulfone groups is 1. The first-order valence-electron chi connectivity index (χ1n) is 6.98. The van der Waals surface area contributed by atoms with E-state index in [1.165, 1.54) is 6.26 Å². The summed E-state index contributed by atoms with van der Waals surface area (Å²) >= 11 is 0. The highest BCUT2D eigenvalue weighted by Gasteiger charge is 2.23. The summed E-state index contributed by atoms with van der Waals surface area (Å²) in [6, 6.07) is 5.42. The Balaban J connectivity index is 1.85. The van der Waals surface area contributed by atoms with E-state index in [1.54, 1.807) is 13.0 Å². The molecule has 0 saturated carbocycles. The van der Waals surface area contributed by atoms with Crippen LogP contribution in [0.2, 0.25) is 0 Å². The third kappa shape index (κ3) is 4.56. The zero-order valence-corrected chi connectivity index (χ0v) is 12.9. The first-order valence-corrected chi connectivity index (χ1v) is 9.04. The lowest BCUT2D eigenvalue weighted by atomic mass is 9.98.